The summed E-state index contributed by atoms with van der Waals surface area (Å²) in [5.74, 6) is -2.01. The predicted octanol–water partition coefficient (Wildman–Crippen LogP) is 5.00. The lowest BCUT2D eigenvalue weighted by molar-refractivity contribution is -0.384. The van der Waals surface area contributed by atoms with Crippen molar-refractivity contribution in [3.05, 3.63) is 54.9 Å². The van der Waals surface area contributed by atoms with Crippen LogP contribution in [0.25, 0.3) is 0 Å². The summed E-state index contributed by atoms with van der Waals surface area (Å²) < 4.78 is 10.4. The smallest absolute Gasteiger partial charge is 0.349 e. The van der Waals surface area contributed by atoms with Crippen molar-refractivity contribution in [2.45, 2.75) is 40.2 Å². The minimum absolute atomic E-state index is 0.0362. The molecule has 0 aliphatic heterocycles. The number of ether oxygens (including phenoxy) is 2. The molecule has 0 aliphatic rings. The highest BCUT2D eigenvalue weighted by molar-refractivity contribution is 7.18. The fraction of sp³-hybridized carbons (Fsp3) is 0.350. The maximum Gasteiger partial charge on any atom is 0.349 e. The largest absolute Gasteiger partial charge is 0.462 e. The molecular formula is C20H21ClN2O7S. The first-order chi connectivity index (χ1) is 14.4. The van der Waals surface area contributed by atoms with Gasteiger partial charge in [0.2, 0.25) is 0 Å². The Labute approximate surface area is 187 Å². The molecule has 166 valence electrons. The molecular weight excluding hydrogens is 448 g/mol. The van der Waals surface area contributed by atoms with Gasteiger partial charge in [-0.2, -0.15) is 0 Å². The summed E-state index contributed by atoms with van der Waals surface area (Å²) >= 11 is 6.75. The molecule has 11 heteroatoms. The zero-order chi connectivity index (χ0) is 23.5. The number of hydrogen-bond acceptors (Lipinski definition) is 8. The number of nitrogens with zero attached hydrogens (tertiary/aromatic N) is 1. The molecule has 0 radical (unpaired) electrons. The molecule has 0 fully saturated rings. The van der Waals surface area contributed by atoms with Gasteiger partial charge in [0.25, 0.3) is 11.6 Å². The Morgan fingerprint density at radius 3 is 2.39 bits per heavy atom. The van der Waals surface area contributed by atoms with Crippen LogP contribution in [0.15, 0.2) is 18.2 Å². The number of amides is 1. The van der Waals surface area contributed by atoms with E-state index in [2.05, 4.69) is 5.32 Å². The van der Waals surface area contributed by atoms with Gasteiger partial charge in [-0.05, 0) is 52.3 Å². The third-order valence-corrected chi connectivity index (χ3v) is 5.33. The molecule has 0 bridgehead atoms. The summed E-state index contributed by atoms with van der Waals surface area (Å²) in [7, 11) is 0. The van der Waals surface area contributed by atoms with Crippen molar-refractivity contribution < 1.29 is 28.8 Å². The lowest BCUT2D eigenvalue weighted by Crippen LogP contribution is -2.23. The van der Waals surface area contributed by atoms with E-state index in [4.69, 9.17) is 21.1 Å². The molecule has 9 nitrogen and oxygen atoms in total. The Morgan fingerprint density at radius 1 is 1.23 bits per heavy atom. The number of nitro groups is 1. The molecule has 1 aromatic heterocycles. The van der Waals surface area contributed by atoms with E-state index >= 15 is 0 Å². The third kappa shape index (κ3) is 5.80. The SMILES string of the molecule is CCOC(=O)c1c(NC(=O)c2ccc([N+](=O)[O-])c(Cl)c2)sc(C(=O)OC(C)(C)C)c1C. The second kappa shape index (κ2) is 9.44. The van der Waals surface area contributed by atoms with Crippen molar-refractivity contribution >= 4 is 51.5 Å². The van der Waals surface area contributed by atoms with Gasteiger partial charge in [-0.25, -0.2) is 9.59 Å². The number of nitro benzene ring substituents is 1. The fourth-order valence-corrected chi connectivity index (χ4v) is 3.86. The fourth-order valence-electron chi connectivity index (χ4n) is 2.54. The first-order valence-corrected chi connectivity index (χ1v) is 10.3. The summed E-state index contributed by atoms with van der Waals surface area (Å²) in [6, 6.07) is 3.49. The zero-order valence-corrected chi connectivity index (χ0v) is 19.1. The molecule has 2 rings (SSSR count). The van der Waals surface area contributed by atoms with Crippen molar-refractivity contribution in [2.24, 2.45) is 0 Å². The van der Waals surface area contributed by atoms with Crippen LogP contribution in [0.5, 0.6) is 0 Å². The van der Waals surface area contributed by atoms with E-state index in [1.54, 1.807) is 34.6 Å². The van der Waals surface area contributed by atoms with E-state index < -0.39 is 28.4 Å². The number of hydrogen-bond donors (Lipinski definition) is 1. The molecule has 1 N–H and O–H groups in total. The Bertz CT molecular complexity index is 1060. The lowest BCUT2D eigenvalue weighted by Gasteiger charge is -2.19. The van der Waals surface area contributed by atoms with Gasteiger partial charge < -0.3 is 14.8 Å². The molecule has 0 unspecified atom stereocenters. The number of anilines is 1. The average Bonchev–Trinajstić information content (AvgIpc) is 2.96. The Balaban J connectivity index is 2.44. The van der Waals surface area contributed by atoms with Gasteiger partial charge in [-0.3, -0.25) is 14.9 Å². The number of carbonyl (C=O) groups excluding carboxylic acids is 3. The standard InChI is InChI=1S/C20H21ClN2O7S/c1-6-29-18(25)14-10(2)15(19(26)30-20(3,4)5)31-17(14)22-16(24)11-7-8-13(23(27)28)12(21)9-11/h7-9H,6H2,1-5H3,(H,22,24). The first kappa shape index (κ1) is 24.3. The number of carbonyl (C=O) groups is 3. The predicted molar refractivity (Wildman–Crippen MR) is 116 cm³/mol. The molecule has 1 aromatic carbocycles. The van der Waals surface area contributed by atoms with Gasteiger partial charge in [-0.15, -0.1) is 11.3 Å². The number of nitrogens with one attached hydrogen (secondary N) is 1. The van der Waals surface area contributed by atoms with Crippen LogP contribution in [0.4, 0.5) is 10.7 Å². The minimum atomic E-state index is -0.753. The van der Waals surface area contributed by atoms with Crippen LogP contribution >= 0.6 is 22.9 Å². The number of rotatable bonds is 6. The normalized spacial score (nSPS) is 11.0. The van der Waals surface area contributed by atoms with Crippen LogP contribution in [0.3, 0.4) is 0 Å². The van der Waals surface area contributed by atoms with Crippen molar-refractivity contribution in [2.75, 3.05) is 11.9 Å². The number of thiophene rings is 1. The molecule has 0 spiro atoms. The second-order valence-electron chi connectivity index (χ2n) is 7.36. The van der Waals surface area contributed by atoms with E-state index in [0.29, 0.717) is 5.56 Å². The zero-order valence-electron chi connectivity index (χ0n) is 17.5. The Morgan fingerprint density at radius 2 is 1.87 bits per heavy atom. The van der Waals surface area contributed by atoms with Crippen molar-refractivity contribution in [3.8, 4) is 0 Å². The summed E-state index contributed by atoms with van der Waals surface area (Å²) in [4.78, 5) is 48.1. The van der Waals surface area contributed by atoms with E-state index in [9.17, 15) is 24.5 Å². The highest BCUT2D eigenvalue weighted by atomic mass is 35.5. The molecule has 1 heterocycles. The molecule has 31 heavy (non-hydrogen) atoms. The molecule has 1 amide bonds. The average molecular weight is 469 g/mol. The number of halogens is 1. The summed E-state index contributed by atoms with van der Waals surface area (Å²) in [5, 5.41) is 13.4. The molecule has 0 aliphatic carbocycles. The van der Waals surface area contributed by atoms with Gasteiger partial charge in [0.05, 0.1) is 17.1 Å². The Hall–Kier alpha value is -2.98. The summed E-state index contributed by atoms with van der Waals surface area (Å²) in [6.45, 7) is 8.41. The van der Waals surface area contributed by atoms with Gasteiger partial charge in [0.1, 0.15) is 20.5 Å². The molecule has 0 saturated carbocycles. The lowest BCUT2D eigenvalue weighted by atomic mass is 10.1. The van der Waals surface area contributed by atoms with Crippen molar-refractivity contribution in [3.63, 3.8) is 0 Å². The van der Waals surface area contributed by atoms with E-state index in [0.717, 1.165) is 23.5 Å². The molecule has 0 saturated heterocycles. The number of benzene rings is 1. The highest BCUT2D eigenvalue weighted by Gasteiger charge is 2.29. The quantitative estimate of drug-likeness (QED) is 0.359. The molecule has 2 aromatic rings. The van der Waals surface area contributed by atoms with Crippen LogP contribution in [0, 0.1) is 17.0 Å². The minimum Gasteiger partial charge on any atom is -0.462 e. The van der Waals surface area contributed by atoms with Crippen LogP contribution in [-0.4, -0.2) is 35.0 Å². The van der Waals surface area contributed by atoms with Gasteiger partial charge >= 0.3 is 11.9 Å². The van der Waals surface area contributed by atoms with E-state index in [1.807, 2.05) is 0 Å². The number of esters is 2. The summed E-state index contributed by atoms with van der Waals surface area (Å²) in [5.41, 5.74) is -0.708. The molecule has 0 atom stereocenters. The topological polar surface area (TPSA) is 125 Å². The van der Waals surface area contributed by atoms with Crippen LogP contribution in [-0.2, 0) is 9.47 Å². The first-order valence-electron chi connectivity index (χ1n) is 9.14. The van der Waals surface area contributed by atoms with E-state index in [-0.39, 0.29) is 38.3 Å². The maximum atomic E-state index is 12.7. The van der Waals surface area contributed by atoms with Crippen LogP contribution in [0.2, 0.25) is 5.02 Å². The second-order valence-corrected chi connectivity index (χ2v) is 8.79. The van der Waals surface area contributed by atoms with Crippen LogP contribution in [0.1, 0.15) is 63.6 Å². The summed E-state index contributed by atoms with van der Waals surface area (Å²) in [6.07, 6.45) is 0. The van der Waals surface area contributed by atoms with Crippen molar-refractivity contribution in [1.29, 1.82) is 0 Å². The van der Waals surface area contributed by atoms with Gasteiger partial charge in [-0.1, -0.05) is 11.6 Å². The van der Waals surface area contributed by atoms with E-state index in [1.165, 1.54) is 6.07 Å². The Kier molecular flexibility index (Phi) is 7.40. The monoisotopic (exact) mass is 468 g/mol. The van der Waals surface area contributed by atoms with Gasteiger partial charge in [0, 0.05) is 11.6 Å². The maximum absolute atomic E-state index is 12.7. The van der Waals surface area contributed by atoms with Crippen molar-refractivity contribution in [1.82, 2.24) is 0 Å². The third-order valence-electron chi connectivity index (χ3n) is 3.84. The van der Waals surface area contributed by atoms with Gasteiger partial charge in [0.15, 0.2) is 0 Å². The highest BCUT2D eigenvalue weighted by Crippen LogP contribution is 2.35. The van der Waals surface area contributed by atoms with Crippen LogP contribution < -0.4 is 5.32 Å².